The van der Waals surface area contributed by atoms with Crippen molar-refractivity contribution in [2.45, 2.75) is 6.92 Å². The Labute approximate surface area is 80.5 Å². The van der Waals surface area contributed by atoms with Crippen molar-refractivity contribution in [1.82, 2.24) is 14.6 Å². The van der Waals surface area contributed by atoms with Gasteiger partial charge in [0, 0.05) is 5.69 Å². The maximum Gasteiger partial charge on any atom is 0.277 e. The van der Waals surface area contributed by atoms with Crippen molar-refractivity contribution in [3.63, 3.8) is 0 Å². The number of aromatic nitrogens is 3. The topological polar surface area (TPSA) is 50.2 Å². The van der Waals surface area contributed by atoms with Gasteiger partial charge in [-0.15, -0.1) is 0 Å². The minimum absolute atomic E-state index is 0.0718. The van der Waals surface area contributed by atoms with E-state index < -0.39 is 11.4 Å². The van der Waals surface area contributed by atoms with Crippen LogP contribution in [0.2, 0.25) is 0 Å². The summed E-state index contributed by atoms with van der Waals surface area (Å²) in [6.07, 6.45) is 1.01. The van der Waals surface area contributed by atoms with E-state index in [0.717, 1.165) is 6.20 Å². The van der Waals surface area contributed by atoms with E-state index in [2.05, 4.69) is 26.0 Å². The highest BCUT2D eigenvalue weighted by atomic mass is 79.9. The minimum atomic E-state index is -0.623. The lowest BCUT2D eigenvalue weighted by molar-refractivity contribution is 0.637. The Balaban J connectivity index is 3.08. The summed E-state index contributed by atoms with van der Waals surface area (Å²) < 4.78 is 14.8. The van der Waals surface area contributed by atoms with Gasteiger partial charge in [-0.25, -0.2) is 8.91 Å². The monoisotopic (exact) mass is 245 g/mol. The number of hydrogen-bond acceptors (Lipinski definition) is 2. The molecule has 2 aromatic heterocycles. The molecule has 0 spiro atoms. The standard InChI is InChI=1S/C7H5BrFN3O/c1-3-6(8)12-5(7(13)11-3)4(9)2-10-12/h2H,1H3,(H,11,13). The van der Waals surface area contributed by atoms with Crippen LogP contribution in [-0.4, -0.2) is 14.6 Å². The molecule has 4 nitrogen and oxygen atoms in total. The third kappa shape index (κ3) is 1.09. The second-order valence-electron chi connectivity index (χ2n) is 2.62. The van der Waals surface area contributed by atoms with Gasteiger partial charge in [0.25, 0.3) is 5.56 Å². The molecule has 2 rings (SSSR count). The summed E-state index contributed by atoms with van der Waals surface area (Å²) >= 11 is 3.19. The van der Waals surface area contributed by atoms with Crippen molar-refractivity contribution in [2.24, 2.45) is 0 Å². The largest absolute Gasteiger partial charge is 0.322 e. The van der Waals surface area contributed by atoms with Crippen LogP contribution in [0.5, 0.6) is 0 Å². The van der Waals surface area contributed by atoms with Crippen LogP contribution in [0.1, 0.15) is 5.69 Å². The molecule has 2 heterocycles. The molecule has 0 amide bonds. The molecule has 0 bridgehead atoms. The molecule has 0 atom stereocenters. The fraction of sp³-hybridized carbons (Fsp3) is 0.143. The molecule has 13 heavy (non-hydrogen) atoms. The SMILES string of the molecule is Cc1[nH]c(=O)c2c(F)cnn2c1Br. The number of aryl methyl sites for hydroxylation is 1. The van der Waals surface area contributed by atoms with E-state index in [1.807, 2.05) is 0 Å². The number of hydrogen-bond donors (Lipinski definition) is 1. The first kappa shape index (κ1) is 8.43. The van der Waals surface area contributed by atoms with Crippen LogP contribution in [0.15, 0.2) is 15.6 Å². The maximum absolute atomic E-state index is 13.0. The van der Waals surface area contributed by atoms with Gasteiger partial charge in [-0.1, -0.05) is 0 Å². The Morgan fingerprint density at radius 3 is 3.08 bits per heavy atom. The molecule has 0 aliphatic heterocycles. The minimum Gasteiger partial charge on any atom is -0.322 e. The van der Waals surface area contributed by atoms with Gasteiger partial charge in [0.15, 0.2) is 11.3 Å². The first-order valence-corrected chi connectivity index (χ1v) is 4.32. The van der Waals surface area contributed by atoms with Gasteiger partial charge < -0.3 is 4.98 Å². The van der Waals surface area contributed by atoms with Crippen LogP contribution < -0.4 is 5.56 Å². The molecule has 68 valence electrons. The molecule has 0 fully saturated rings. The number of aromatic amines is 1. The van der Waals surface area contributed by atoms with E-state index >= 15 is 0 Å². The lowest BCUT2D eigenvalue weighted by Crippen LogP contribution is -2.13. The van der Waals surface area contributed by atoms with Gasteiger partial charge in [-0.2, -0.15) is 5.10 Å². The van der Waals surface area contributed by atoms with Crippen molar-refractivity contribution >= 4 is 21.4 Å². The molecule has 0 aliphatic carbocycles. The first-order valence-electron chi connectivity index (χ1n) is 3.53. The third-order valence-electron chi connectivity index (χ3n) is 1.74. The number of fused-ring (bicyclic) bond motifs is 1. The summed E-state index contributed by atoms with van der Waals surface area (Å²) in [6.45, 7) is 1.70. The van der Waals surface area contributed by atoms with Crippen LogP contribution in [-0.2, 0) is 0 Å². The van der Waals surface area contributed by atoms with Crippen molar-refractivity contribution in [1.29, 1.82) is 0 Å². The molecular formula is C7H5BrFN3O. The number of rotatable bonds is 0. The summed E-state index contributed by atoms with van der Waals surface area (Å²) in [6, 6.07) is 0. The van der Waals surface area contributed by atoms with Gasteiger partial charge in [-0.3, -0.25) is 4.79 Å². The van der Waals surface area contributed by atoms with Gasteiger partial charge in [-0.05, 0) is 22.9 Å². The Kier molecular flexibility index (Phi) is 1.73. The maximum atomic E-state index is 13.0. The molecular weight excluding hydrogens is 241 g/mol. The second kappa shape index (κ2) is 2.66. The van der Waals surface area contributed by atoms with Gasteiger partial charge in [0.2, 0.25) is 0 Å². The van der Waals surface area contributed by atoms with E-state index in [1.54, 1.807) is 6.92 Å². The van der Waals surface area contributed by atoms with Crippen LogP contribution in [0.4, 0.5) is 4.39 Å². The average Bonchev–Trinajstić information content (AvgIpc) is 2.44. The summed E-state index contributed by atoms with van der Waals surface area (Å²) in [7, 11) is 0. The molecule has 0 radical (unpaired) electrons. The van der Waals surface area contributed by atoms with Crippen LogP contribution >= 0.6 is 15.9 Å². The second-order valence-corrected chi connectivity index (χ2v) is 3.37. The van der Waals surface area contributed by atoms with Crippen molar-refractivity contribution < 1.29 is 4.39 Å². The van der Waals surface area contributed by atoms with E-state index in [0.29, 0.717) is 10.3 Å². The fourth-order valence-corrected chi connectivity index (χ4v) is 1.49. The predicted octanol–water partition coefficient (Wildman–Crippen LogP) is 1.23. The van der Waals surface area contributed by atoms with E-state index in [1.165, 1.54) is 4.52 Å². The predicted molar refractivity (Wildman–Crippen MR) is 48.2 cm³/mol. The van der Waals surface area contributed by atoms with Crippen molar-refractivity contribution in [3.05, 3.63) is 32.7 Å². The zero-order valence-electron chi connectivity index (χ0n) is 6.64. The van der Waals surface area contributed by atoms with Crippen molar-refractivity contribution in [2.75, 3.05) is 0 Å². The van der Waals surface area contributed by atoms with Gasteiger partial charge >= 0.3 is 0 Å². The summed E-state index contributed by atoms with van der Waals surface area (Å²) in [5.41, 5.74) is 0.0637. The van der Waals surface area contributed by atoms with Crippen LogP contribution in [0.25, 0.3) is 5.52 Å². The van der Waals surface area contributed by atoms with E-state index in [4.69, 9.17) is 0 Å². The molecule has 0 aromatic carbocycles. The Hall–Kier alpha value is -1.17. The Morgan fingerprint density at radius 1 is 1.69 bits per heavy atom. The van der Waals surface area contributed by atoms with E-state index in [-0.39, 0.29) is 5.52 Å². The fourth-order valence-electron chi connectivity index (χ4n) is 1.12. The Morgan fingerprint density at radius 2 is 2.38 bits per heavy atom. The highest BCUT2D eigenvalue weighted by Gasteiger charge is 2.11. The molecule has 1 N–H and O–H groups in total. The number of nitrogens with zero attached hydrogens (tertiary/aromatic N) is 2. The molecule has 0 aliphatic rings. The highest BCUT2D eigenvalue weighted by molar-refractivity contribution is 9.10. The first-order chi connectivity index (χ1) is 6.11. The molecule has 2 aromatic rings. The van der Waals surface area contributed by atoms with Crippen LogP contribution in [0, 0.1) is 12.7 Å². The number of nitrogens with one attached hydrogen (secondary N) is 1. The number of halogens is 2. The quantitative estimate of drug-likeness (QED) is 0.760. The zero-order valence-corrected chi connectivity index (χ0v) is 8.22. The van der Waals surface area contributed by atoms with Gasteiger partial charge in [0.1, 0.15) is 4.60 Å². The lowest BCUT2D eigenvalue weighted by Gasteiger charge is -1.99. The molecule has 0 unspecified atom stereocenters. The summed E-state index contributed by atoms with van der Waals surface area (Å²) in [5, 5.41) is 3.71. The average molecular weight is 246 g/mol. The smallest absolute Gasteiger partial charge is 0.277 e. The lowest BCUT2D eigenvalue weighted by atomic mass is 10.4. The normalized spacial score (nSPS) is 11.0. The van der Waals surface area contributed by atoms with E-state index in [9.17, 15) is 9.18 Å². The summed E-state index contributed by atoms with van der Waals surface area (Å²) in [5.74, 6) is -0.623. The number of H-pyrrole nitrogens is 1. The highest BCUT2D eigenvalue weighted by Crippen LogP contribution is 2.14. The molecule has 6 heteroatoms. The van der Waals surface area contributed by atoms with Crippen LogP contribution in [0.3, 0.4) is 0 Å². The molecule has 0 saturated carbocycles. The third-order valence-corrected chi connectivity index (χ3v) is 2.67. The molecule has 0 saturated heterocycles. The van der Waals surface area contributed by atoms with Gasteiger partial charge in [0.05, 0.1) is 6.20 Å². The Bertz CT molecular complexity index is 530. The summed E-state index contributed by atoms with van der Waals surface area (Å²) in [4.78, 5) is 13.8. The zero-order chi connectivity index (χ0) is 9.59. The van der Waals surface area contributed by atoms with Crippen molar-refractivity contribution in [3.8, 4) is 0 Å².